The summed E-state index contributed by atoms with van der Waals surface area (Å²) in [6, 6.07) is 5.85. The minimum atomic E-state index is -4.63. The third-order valence-electron chi connectivity index (χ3n) is 5.85. The molecule has 0 bridgehead atoms. The van der Waals surface area contributed by atoms with Crippen LogP contribution in [0.3, 0.4) is 0 Å². The minimum Gasteiger partial charge on any atom is -0.369 e. The van der Waals surface area contributed by atoms with Gasteiger partial charge in [-0.3, -0.25) is 4.79 Å². The highest BCUT2D eigenvalue weighted by molar-refractivity contribution is 5.77. The molecule has 6 nitrogen and oxygen atoms in total. The molecule has 2 heterocycles. The van der Waals surface area contributed by atoms with Crippen molar-refractivity contribution < 1.29 is 22.4 Å². The number of fused-ring (bicyclic) bond motifs is 1. The third kappa shape index (κ3) is 4.35. The van der Waals surface area contributed by atoms with Crippen LogP contribution in [-0.4, -0.2) is 25.9 Å². The molecule has 0 radical (unpaired) electrons. The van der Waals surface area contributed by atoms with Crippen molar-refractivity contribution in [2.75, 3.05) is 0 Å². The molecule has 10 heteroatoms. The van der Waals surface area contributed by atoms with Crippen molar-refractivity contribution >= 4 is 5.91 Å². The Morgan fingerprint density at radius 3 is 2.75 bits per heavy atom. The van der Waals surface area contributed by atoms with Crippen LogP contribution in [0.2, 0.25) is 0 Å². The van der Waals surface area contributed by atoms with E-state index >= 15 is 0 Å². The molecule has 0 aliphatic heterocycles. The van der Waals surface area contributed by atoms with E-state index < -0.39 is 23.5 Å². The molecule has 1 aromatic carbocycles. The van der Waals surface area contributed by atoms with Crippen LogP contribution in [0.15, 0.2) is 36.5 Å². The number of halogens is 4. The number of nitrogens with two attached hydrogens (primary N) is 1. The normalized spacial score (nSPS) is 17.1. The Hall–Kier alpha value is -3.30. The summed E-state index contributed by atoms with van der Waals surface area (Å²) in [5.41, 5.74) is 6.86. The van der Waals surface area contributed by atoms with Gasteiger partial charge in [0.15, 0.2) is 5.82 Å². The van der Waals surface area contributed by atoms with Gasteiger partial charge >= 0.3 is 6.18 Å². The average molecular weight is 447 g/mol. The van der Waals surface area contributed by atoms with Crippen LogP contribution in [0.1, 0.15) is 53.8 Å². The van der Waals surface area contributed by atoms with E-state index in [1.807, 2.05) is 0 Å². The molecular formula is C22H21F4N5O. The Morgan fingerprint density at radius 2 is 2.03 bits per heavy atom. The molecule has 2 N–H and O–H groups in total. The summed E-state index contributed by atoms with van der Waals surface area (Å²) in [7, 11) is 0. The summed E-state index contributed by atoms with van der Waals surface area (Å²) in [4.78, 5) is 16.0. The van der Waals surface area contributed by atoms with Crippen LogP contribution in [0.5, 0.6) is 0 Å². The third-order valence-corrected chi connectivity index (χ3v) is 5.85. The topological polar surface area (TPSA) is 86.7 Å². The number of hydrogen-bond acceptors (Lipinski definition) is 4. The molecule has 2 aromatic heterocycles. The molecular weight excluding hydrogens is 426 g/mol. The Morgan fingerprint density at radius 1 is 1.25 bits per heavy atom. The van der Waals surface area contributed by atoms with Crippen LogP contribution in [0.4, 0.5) is 17.6 Å². The number of aromatic nitrogens is 4. The van der Waals surface area contributed by atoms with Crippen molar-refractivity contribution in [1.82, 2.24) is 20.0 Å². The highest BCUT2D eigenvalue weighted by Crippen LogP contribution is 2.36. The van der Waals surface area contributed by atoms with Gasteiger partial charge in [-0.15, -0.1) is 5.10 Å². The number of alkyl halides is 3. The Labute approximate surface area is 181 Å². The Bertz CT molecular complexity index is 1160. The molecule has 168 valence electrons. The summed E-state index contributed by atoms with van der Waals surface area (Å²) >= 11 is 0. The fourth-order valence-electron chi connectivity index (χ4n) is 4.17. The zero-order chi connectivity index (χ0) is 23.0. The number of rotatable bonds is 5. The van der Waals surface area contributed by atoms with E-state index in [9.17, 15) is 22.4 Å². The van der Waals surface area contributed by atoms with Gasteiger partial charge in [0, 0.05) is 18.0 Å². The number of carbonyl (C=O) groups is 1. The van der Waals surface area contributed by atoms with Gasteiger partial charge in [0.2, 0.25) is 5.91 Å². The van der Waals surface area contributed by atoms with Crippen LogP contribution in [0.25, 0.3) is 5.82 Å². The van der Waals surface area contributed by atoms with Crippen molar-refractivity contribution in [3.8, 4) is 5.82 Å². The summed E-state index contributed by atoms with van der Waals surface area (Å²) in [5.74, 6) is -1.39. The van der Waals surface area contributed by atoms with Crippen molar-refractivity contribution in [1.29, 1.82) is 0 Å². The second-order valence-electron chi connectivity index (χ2n) is 8.07. The molecule has 2 atom stereocenters. The number of primary amides is 1. The van der Waals surface area contributed by atoms with Gasteiger partial charge in [0.1, 0.15) is 5.82 Å². The van der Waals surface area contributed by atoms with E-state index in [1.54, 1.807) is 23.7 Å². The fraction of sp³-hybridized carbons (Fsp3) is 0.364. The van der Waals surface area contributed by atoms with Gasteiger partial charge < -0.3 is 5.73 Å². The van der Waals surface area contributed by atoms with Crippen LogP contribution in [-0.2, 0) is 23.8 Å². The summed E-state index contributed by atoms with van der Waals surface area (Å²) < 4.78 is 54.4. The first kappa shape index (κ1) is 21.9. The van der Waals surface area contributed by atoms with Gasteiger partial charge in [-0.2, -0.15) is 17.9 Å². The number of benzene rings is 1. The second kappa shape index (κ2) is 8.33. The molecule has 1 amide bonds. The summed E-state index contributed by atoms with van der Waals surface area (Å²) in [6.07, 6.45) is -0.687. The number of carbonyl (C=O) groups excluding carboxylic acids is 1. The second-order valence-corrected chi connectivity index (χ2v) is 8.07. The van der Waals surface area contributed by atoms with Crippen molar-refractivity contribution in [3.05, 3.63) is 70.4 Å². The lowest BCUT2D eigenvalue weighted by Gasteiger charge is -2.24. The molecule has 2 unspecified atom stereocenters. The lowest BCUT2D eigenvalue weighted by molar-refractivity contribution is -0.137. The molecule has 0 saturated heterocycles. The number of amides is 1. The van der Waals surface area contributed by atoms with E-state index in [4.69, 9.17) is 5.73 Å². The lowest BCUT2D eigenvalue weighted by atomic mass is 9.81. The highest BCUT2D eigenvalue weighted by Gasteiger charge is 2.33. The maximum atomic E-state index is 13.7. The molecule has 32 heavy (non-hydrogen) atoms. The SMILES string of the molecule is CC(C(N)=O)C1CCCc2c1nnn2-c1cc(Cc2cc(F)cc(C(F)(F)F)c2)ccn1. The van der Waals surface area contributed by atoms with E-state index in [1.165, 1.54) is 6.20 Å². The maximum absolute atomic E-state index is 13.7. The monoisotopic (exact) mass is 447 g/mol. The summed E-state index contributed by atoms with van der Waals surface area (Å²) in [6.45, 7) is 1.77. The van der Waals surface area contributed by atoms with Gasteiger partial charge in [0.25, 0.3) is 0 Å². The van der Waals surface area contributed by atoms with Gasteiger partial charge in [-0.05, 0) is 67.1 Å². The quantitative estimate of drug-likeness (QED) is 0.600. The minimum absolute atomic E-state index is 0.0918. The highest BCUT2D eigenvalue weighted by atomic mass is 19.4. The molecule has 4 rings (SSSR count). The molecule has 1 aliphatic carbocycles. The molecule has 0 fully saturated rings. The molecule has 0 saturated carbocycles. The fourth-order valence-corrected chi connectivity index (χ4v) is 4.17. The zero-order valence-electron chi connectivity index (χ0n) is 17.2. The van der Waals surface area contributed by atoms with Crippen molar-refractivity contribution in [3.63, 3.8) is 0 Å². The first-order valence-electron chi connectivity index (χ1n) is 10.2. The van der Waals surface area contributed by atoms with Crippen LogP contribution in [0, 0.1) is 11.7 Å². The predicted octanol–water partition coefficient (Wildman–Crippen LogP) is 3.95. The van der Waals surface area contributed by atoms with Gasteiger partial charge in [-0.25, -0.2) is 9.37 Å². The standard InChI is InChI=1S/C22H21F4N5O/c1-12(21(27)32)17-3-2-4-18-20(17)29-30-31(18)19-10-13(5-6-28-19)7-14-8-15(22(24,25)26)11-16(23)9-14/h5-6,8-12,17H,2-4,7H2,1H3,(H2,27,32). The first-order chi connectivity index (χ1) is 15.1. The van der Waals surface area contributed by atoms with Gasteiger partial charge in [-0.1, -0.05) is 12.1 Å². The number of pyridine rings is 1. The van der Waals surface area contributed by atoms with Gasteiger partial charge in [0.05, 0.1) is 17.0 Å². The Balaban J connectivity index is 1.64. The number of hydrogen-bond donors (Lipinski definition) is 1. The van der Waals surface area contributed by atoms with Crippen LogP contribution >= 0.6 is 0 Å². The maximum Gasteiger partial charge on any atom is 0.416 e. The smallest absolute Gasteiger partial charge is 0.369 e. The lowest BCUT2D eigenvalue weighted by Crippen LogP contribution is -2.29. The largest absolute Gasteiger partial charge is 0.416 e. The van der Waals surface area contributed by atoms with Crippen molar-refractivity contribution in [2.24, 2.45) is 11.7 Å². The molecule has 1 aliphatic rings. The zero-order valence-corrected chi connectivity index (χ0v) is 17.2. The molecule has 3 aromatic rings. The Kier molecular flexibility index (Phi) is 5.70. The van der Waals surface area contributed by atoms with E-state index in [-0.39, 0.29) is 23.8 Å². The van der Waals surface area contributed by atoms with Crippen LogP contribution < -0.4 is 5.73 Å². The van der Waals surface area contributed by atoms with E-state index in [0.29, 0.717) is 23.9 Å². The average Bonchev–Trinajstić information content (AvgIpc) is 3.16. The van der Waals surface area contributed by atoms with E-state index in [0.717, 1.165) is 36.4 Å². The van der Waals surface area contributed by atoms with E-state index in [2.05, 4.69) is 15.3 Å². The number of nitrogens with zero attached hydrogens (tertiary/aromatic N) is 4. The first-order valence-corrected chi connectivity index (χ1v) is 10.2. The molecule has 0 spiro atoms. The predicted molar refractivity (Wildman–Crippen MR) is 107 cm³/mol. The summed E-state index contributed by atoms with van der Waals surface area (Å²) in [5, 5.41) is 8.48. The van der Waals surface area contributed by atoms with Crippen molar-refractivity contribution in [2.45, 2.75) is 44.7 Å².